The van der Waals surface area contributed by atoms with Gasteiger partial charge in [0.05, 0.1) is 4.90 Å². The Kier molecular flexibility index (Phi) is 6.04. The maximum atomic E-state index is 13.6. The highest BCUT2D eigenvalue weighted by Gasteiger charge is 2.30. The molecule has 1 aliphatic rings. The molecule has 0 atom stereocenters. The summed E-state index contributed by atoms with van der Waals surface area (Å²) >= 11 is 0. The highest BCUT2D eigenvalue weighted by molar-refractivity contribution is 7.89. The van der Waals surface area contributed by atoms with Crippen LogP contribution in [0.25, 0.3) is 10.8 Å². The molecule has 0 bridgehead atoms. The van der Waals surface area contributed by atoms with E-state index < -0.39 is 10.0 Å². The predicted molar refractivity (Wildman–Crippen MR) is 136 cm³/mol. The van der Waals surface area contributed by atoms with Crippen LogP contribution in [-0.2, 0) is 10.0 Å². The van der Waals surface area contributed by atoms with Crippen LogP contribution in [0.15, 0.2) is 102 Å². The van der Waals surface area contributed by atoms with Gasteiger partial charge in [0, 0.05) is 53.9 Å². The van der Waals surface area contributed by atoms with Gasteiger partial charge in [-0.3, -0.25) is 4.79 Å². The van der Waals surface area contributed by atoms with E-state index >= 15 is 0 Å². The Morgan fingerprint density at radius 3 is 1.94 bits per heavy atom. The smallest absolute Gasteiger partial charge is 0.255 e. The third-order valence-corrected chi connectivity index (χ3v) is 8.10. The Morgan fingerprint density at radius 1 is 0.676 bits per heavy atom. The van der Waals surface area contributed by atoms with Crippen molar-refractivity contribution in [3.8, 4) is 0 Å². The molecule has 172 valence electrons. The highest BCUT2D eigenvalue weighted by atomic mass is 32.2. The van der Waals surface area contributed by atoms with Crippen molar-refractivity contribution in [2.75, 3.05) is 36.4 Å². The minimum atomic E-state index is -3.70. The van der Waals surface area contributed by atoms with E-state index in [0.29, 0.717) is 48.2 Å². The summed E-state index contributed by atoms with van der Waals surface area (Å²) in [6.07, 6.45) is 0. The molecule has 0 aliphatic carbocycles. The summed E-state index contributed by atoms with van der Waals surface area (Å²) < 4.78 is 28.8. The minimum Gasteiger partial charge on any atom is -0.369 e. The molecule has 4 aromatic carbocycles. The molecule has 0 spiro atoms. The number of hydrogen-bond donors (Lipinski definition) is 1. The van der Waals surface area contributed by atoms with E-state index in [0.717, 1.165) is 5.69 Å². The largest absolute Gasteiger partial charge is 0.369 e. The molecule has 1 heterocycles. The predicted octanol–water partition coefficient (Wildman–Crippen LogP) is 4.60. The van der Waals surface area contributed by atoms with Crippen LogP contribution >= 0.6 is 0 Å². The Labute approximate surface area is 199 Å². The van der Waals surface area contributed by atoms with Gasteiger partial charge in [-0.05, 0) is 36.4 Å². The number of amides is 1. The molecule has 1 amide bonds. The van der Waals surface area contributed by atoms with E-state index in [9.17, 15) is 13.2 Å². The molecule has 1 fully saturated rings. The van der Waals surface area contributed by atoms with Crippen LogP contribution < -0.4 is 10.2 Å². The molecule has 0 saturated carbocycles. The molecular weight excluding hydrogens is 446 g/mol. The number of sulfonamides is 1. The highest BCUT2D eigenvalue weighted by Crippen LogP contribution is 2.32. The van der Waals surface area contributed by atoms with Crippen molar-refractivity contribution in [3.63, 3.8) is 0 Å². The Bertz CT molecular complexity index is 1420. The lowest BCUT2D eigenvalue weighted by atomic mass is 10.1. The summed E-state index contributed by atoms with van der Waals surface area (Å²) in [6.45, 7) is 2.09. The Morgan fingerprint density at radius 2 is 1.26 bits per heavy atom. The molecule has 0 radical (unpaired) electrons. The Hall–Kier alpha value is -3.68. The fourth-order valence-corrected chi connectivity index (χ4v) is 5.97. The SMILES string of the molecule is O=C(Nc1ccc(S(=O)(=O)N2CCN(c3ccccc3)CC2)c2ccccc12)c1ccccc1. The van der Waals surface area contributed by atoms with Crippen molar-refractivity contribution in [1.82, 2.24) is 4.31 Å². The zero-order valence-corrected chi connectivity index (χ0v) is 19.4. The second kappa shape index (κ2) is 9.29. The monoisotopic (exact) mass is 471 g/mol. The van der Waals surface area contributed by atoms with Gasteiger partial charge in [-0.2, -0.15) is 4.31 Å². The number of nitrogens with zero attached hydrogens (tertiary/aromatic N) is 2. The molecule has 0 aromatic heterocycles. The number of anilines is 2. The maximum Gasteiger partial charge on any atom is 0.255 e. The lowest BCUT2D eigenvalue weighted by molar-refractivity contribution is 0.102. The van der Waals surface area contributed by atoms with Crippen molar-refractivity contribution in [2.24, 2.45) is 0 Å². The lowest BCUT2D eigenvalue weighted by Crippen LogP contribution is -2.48. The van der Waals surface area contributed by atoms with Gasteiger partial charge < -0.3 is 10.2 Å². The van der Waals surface area contributed by atoms with E-state index in [1.54, 1.807) is 46.8 Å². The van der Waals surface area contributed by atoms with Crippen molar-refractivity contribution < 1.29 is 13.2 Å². The molecule has 6 nitrogen and oxygen atoms in total. The normalized spacial score (nSPS) is 14.8. The number of carbonyl (C=O) groups excluding carboxylic acids is 1. The van der Waals surface area contributed by atoms with E-state index in [2.05, 4.69) is 10.2 Å². The first kappa shape index (κ1) is 22.1. The molecule has 7 heteroatoms. The molecular formula is C27H25N3O3S. The quantitative estimate of drug-likeness (QED) is 0.462. The maximum absolute atomic E-state index is 13.6. The summed E-state index contributed by atoms with van der Waals surface area (Å²) in [5.74, 6) is -0.238. The molecule has 4 aromatic rings. The van der Waals surface area contributed by atoms with Crippen molar-refractivity contribution >= 4 is 38.1 Å². The van der Waals surface area contributed by atoms with E-state index in [4.69, 9.17) is 0 Å². The Balaban J connectivity index is 1.41. The summed E-state index contributed by atoms with van der Waals surface area (Å²) in [4.78, 5) is 15.2. The summed E-state index contributed by atoms with van der Waals surface area (Å²) in [6, 6.07) is 29.5. The average Bonchev–Trinajstić information content (AvgIpc) is 2.90. The summed E-state index contributed by atoms with van der Waals surface area (Å²) in [7, 11) is -3.70. The van der Waals surface area contributed by atoms with Crippen LogP contribution in [0.1, 0.15) is 10.4 Å². The van der Waals surface area contributed by atoms with Crippen LogP contribution in [0.3, 0.4) is 0 Å². The van der Waals surface area contributed by atoms with Gasteiger partial charge in [-0.25, -0.2) is 8.42 Å². The van der Waals surface area contributed by atoms with Crippen LogP contribution in [0.2, 0.25) is 0 Å². The lowest BCUT2D eigenvalue weighted by Gasteiger charge is -2.35. The molecule has 1 saturated heterocycles. The van der Waals surface area contributed by atoms with Crippen LogP contribution in [0, 0.1) is 0 Å². The van der Waals surface area contributed by atoms with Crippen molar-refractivity contribution in [2.45, 2.75) is 4.90 Å². The van der Waals surface area contributed by atoms with Gasteiger partial charge in [-0.1, -0.05) is 60.7 Å². The van der Waals surface area contributed by atoms with Crippen LogP contribution in [0.4, 0.5) is 11.4 Å². The second-order valence-electron chi connectivity index (χ2n) is 8.20. The first-order chi connectivity index (χ1) is 16.5. The second-order valence-corrected chi connectivity index (χ2v) is 10.1. The number of carbonyl (C=O) groups is 1. The number of benzene rings is 4. The first-order valence-corrected chi connectivity index (χ1v) is 12.7. The van der Waals surface area contributed by atoms with Gasteiger partial charge in [-0.15, -0.1) is 0 Å². The van der Waals surface area contributed by atoms with Gasteiger partial charge >= 0.3 is 0 Å². The minimum absolute atomic E-state index is 0.238. The number of rotatable bonds is 5. The number of piperazine rings is 1. The van der Waals surface area contributed by atoms with E-state index in [1.165, 1.54) is 0 Å². The zero-order valence-electron chi connectivity index (χ0n) is 18.6. The van der Waals surface area contributed by atoms with Crippen molar-refractivity contribution in [1.29, 1.82) is 0 Å². The van der Waals surface area contributed by atoms with Gasteiger partial charge in [0.25, 0.3) is 5.91 Å². The summed E-state index contributed by atoms with van der Waals surface area (Å²) in [5, 5.41) is 4.22. The van der Waals surface area contributed by atoms with Gasteiger partial charge in [0.1, 0.15) is 0 Å². The molecule has 5 rings (SSSR count). The first-order valence-electron chi connectivity index (χ1n) is 11.2. The molecule has 34 heavy (non-hydrogen) atoms. The van der Waals surface area contributed by atoms with Crippen LogP contribution in [-0.4, -0.2) is 44.8 Å². The molecule has 0 unspecified atom stereocenters. The zero-order chi connectivity index (χ0) is 23.5. The van der Waals surface area contributed by atoms with E-state index in [-0.39, 0.29) is 10.8 Å². The topological polar surface area (TPSA) is 69.7 Å². The number of fused-ring (bicyclic) bond motifs is 1. The standard InChI is InChI=1S/C27H25N3O3S/c31-27(21-9-3-1-4-10-21)28-25-15-16-26(24-14-8-7-13-23(24)25)34(32,33)30-19-17-29(18-20-30)22-11-5-2-6-12-22/h1-16H,17-20H2,(H,28,31). The average molecular weight is 472 g/mol. The summed E-state index contributed by atoms with van der Waals surface area (Å²) in [5.41, 5.74) is 2.22. The van der Waals surface area contributed by atoms with Gasteiger partial charge in [0.15, 0.2) is 0 Å². The third-order valence-electron chi connectivity index (χ3n) is 6.15. The van der Waals surface area contributed by atoms with E-state index in [1.807, 2.05) is 54.6 Å². The van der Waals surface area contributed by atoms with Crippen LogP contribution in [0.5, 0.6) is 0 Å². The molecule has 1 N–H and O–H groups in total. The number of hydrogen-bond acceptors (Lipinski definition) is 4. The fraction of sp³-hybridized carbons (Fsp3) is 0.148. The molecule has 1 aliphatic heterocycles. The number of para-hydroxylation sites is 1. The third kappa shape index (κ3) is 4.27. The van der Waals surface area contributed by atoms with Crippen molar-refractivity contribution in [3.05, 3.63) is 103 Å². The van der Waals surface area contributed by atoms with Gasteiger partial charge in [0.2, 0.25) is 10.0 Å². The number of nitrogens with one attached hydrogen (secondary N) is 1. The fourth-order valence-electron chi connectivity index (χ4n) is 4.35.